The number of aryl methyl sites for hydroxylation is 4. The highest BCUT2D eigenvalue weighted by Crippen LogP contribution is 2.34. The zero-order valence-corrected chi connectivity index (χ0v) is 13.6. The zero-order valence-electron chi connectivity index (χ0n) is 13.6. The number of phenolic OH excluding ortho intramolecular Hbond substituents is 1. The second-order valence-electron chi connectivity index (χ2n) is 6.16. The van der Waals surface area contributed by atoms with Gasteiger partial charge in [-0.15, -0.1) is 0 Å². The van der Waals surface area contributed by atoms with Crippen molar-refractivity contribution in [2.45, 2.75) is 33.8 Å². The van der Waals surface area contributed by atoms with E-state index in [1.165, 1.54) is 0 Å². The van der Waals surface area contributed by atoms with Crippen molar-refractivity contribution in [2.75, 3.05) is 13.2 Å². The van der Waals surface area contributed by atoms with Gasteiger partial charge in [0.15, 0.2) is 0 Å². The largest absolute Gasteiger partial charge is 0.507 e. The molecule has 1 atom stereocenters. The van der Waals surface area contributed by atoms with Crippen LogP contribution in [0.5, 0.6) is 11.5 Å². The normalized spacial score (nSPS) is 16.6. The van der Waals surface area contributed by atoms with Gasteiger partial charge in [-0.2, -0.15) is 0 Å². The van der Waals surface area contributed by atoms with Crippen molar-refractivity contribution in [3.8, 4) is 22.6 Å². The summed E-state index contributed by atoms with van der Waals surface area (Å²) in [5, 5.41) is 9.93. The van der Waals surface area contributed by atoms with Gasteiger partial charge in [0.25, 0.3) is 0 Å². The molecule has 0 radical (unpaired) electrons. The van der Waals surface area contributed by atoms with Crippen LogP contribution >= 0.6 is 0 Å². The topological polar surface area (TPSA) is 42.0 Å². The van der Waals surface area contributed by atoms with Gasteiger partial charge >= 0.3 is 0 Å². The average Bonchev–Trinajstić information content (AvgIpc) is 3.27. The molecule has 0 aromatic heterocycles. The minimum atomic E-state index is 0.265. The number of hydrogen-bond donors (Lipinski definition) is 1. The van der Waals surface area contributed by atoms with E-state index in [1.54, 1.807) is 0 Å². The molecule has 0 bridgehead atoms. The van der Waals surface area contributed by atoms with Crippen LogP contribution < -0.4 is 4.74 Å². The summed E-state index contributed by atoms with van der Waals surface area (Å²) >= 11 is 0. The Morgan fingerprint density at radius 2 is 1.41 bits per heavy atom. The maximum absolute atomic E-state index is 9.93. The van der Waals surface area contributed by atoms with E-state index in [-0.39, 0.29) is 6.10 Å². The van der Waals surface area contributed by atoms with E-state index in [0.717, 1.165) is 45.7 Å². The number of rotatable bonds is 4. The quantitative estimate of drug-likeness (QED) is 0.865. The van der Waals surface area contributed by atoms with Gasteiger partial charge in [-0.3, -0.25) is 0 Å². The van der Waals surface area contributed by atoms with Crippen LogP contribution in [0, 0.1) is 27.7 Å². The highest BCUT2D eigenvalue weighted by atomic mass is 16.6. The molecule has 1 fully saturated rings. The minimum Gasteiger partial charge on any atom is -0.507 e. The van der Waals surface area contributed by atoms with Gasteiger partial charge in [0, 0.05) is 0 Å². The summed E-state index contributed by atoms with van der Waals surface area (Å²) in [7, 11) is 0. The van der Waals surface area contributed by atoms with Crippen LogP contribution in [-0.2, 0) is 4.74 Å². The number of aromatic hydroxyl groups is 1. The molecule has 0 aliphatic carbocycles. The number of ether oxygens (including phenoxy) is 2. The van der Waals surface area contributed by atoms with Crippen molar-refractivity contribution in [3.05, 3.63) is 46.5 Å². The Morgan fingerprint density at radius 1 is 0.955 bits per heavy atom. The lowest BCUT2D eigenvalue weighted by atomic mass is 9.96. The van der Waals surface area contributed by atoms with Crippen molar-refractivity contribution in [2.24, 2.45) is 0 Å². The van der Waals surface area contributed by atoms with E-state index in [1.807, 2.05) is 26.0 Å². The molecule has 3 heteroatoms. The van der Waals surface area contributed by atoms with Gasteiger partial charge in [-0.25, -0.2) is 0 Å². The molecule has 1 saturated heterocycles. The summed E-state index contributed by atoms with van der Waals surface area (Å²) in [5.41, 5.74) is 6.32. The molecule has 1 unspecified atom stereocenters. The molecule has 3 nitrogen and oxygen atoms in total. The van der Waals surface area contributed by atoms with Crippen LogP contribution in [0.2, 0.25) is 0 Å². The van der Waals surface area contributed by atoms with Gasteiger partial charge in [0.05, 0.1) is 6.61 Å². The molecule has 1 N–H and O–H groups in total. The highest BCUT2D eigenvalue weighted by Gasteiger charge is 2.23. The summed E-state index contributed by atoms with van der Waals surface area (Å²) in [5.74, 6) is 1.33. The Morgan fingerprint density at radius 3 is 1.86 bits per heavy atom. The smallest absolute Gasteiger partial charge is 0.125 e. The van der Waals surface area contributed by atoms with Crippen LogP contribution in [0.25, 0.3) is 11.1 Å². The second kappa shape index (κ2) is 5.65. The molecule has 0 spiro atoms. The molecule has 1 aliphatic rings. The van der Waals surface area contributed by atoms with Gasteiger partial charge in [0.1, 0.15) is 24.2 Å². The van der Waals surface area contributed by atoms with Crippen LogP contribution in [0.3, 0.4) is 0 Å². The summed E-state index contributed by atoms with van der Waals surface area (Å²) in [6, 6.07) is 8.33. The Bertz CT molecular complexity index is 669. The fraction of sp³-hybridized carbons (Fsp3) is 0.368. The molecule has 116 valence electrons. The fourth-order valence-corrected chi connectivity index (χ4v) is 2.81. The van der Waals surface area contributed by atoms with E-state index >= 15 is 0 Å². The number of epoxide rings is 1. The Hall–Kier alpha value is -2.00. The zero-order chi connectivity index (χ0) is 15.9. The maximum atomic E-state index is 9.93. The van der Waals surface area contributed by atoms with E-state index in [0.29, 0.717) is 12.4 Å². The summed E-state index contributed by atoms with van der Waals surface area (Å²) in [6.07, 6.45) is 0.265. The lowest BCUT2D eigenvalue weighted by Crippen LogP contribution is -2.06. The Balaban J connectivity index is 1.94. The molecule has 1 aliphatic heterocycles. The molecular weight excluding hydrogens is 276 g/mol. The van der Waals surface area contributed by atoms with Crippen LogP contribution in [0.4, 0.5) is 0 Å². The van der Waals surface area contributed by atoms with Gasteiger partial charge in [0.2, 0.25) is 0 Å². The molecule has 0 saturated carbocycles. The lowest BCUT2D eigenvalue weighted by molar-refractivity contribution is 0.260. The summed E-state index contributed by atoms with van der Waals surface area (Å²) < 4.78 is 11.1. The molecule has 3 rings (SSSR count). The highest BCUT2D eigenvalue weighted by molar-refractivity contribution is 5.70. The van der Waals surface area contributed by atoms with E-state index in [2.05, 4.69) is 26.0 Å². The predicted octanol–water partition coefficient (Wildman–Crippen LogP) is 4.07. The van der Waals surface area contributed by atoms with Crippen molar-refractivity contribution in [1.29, 1.82) is 0 Å². The first-order chi connectivity index (χ1) is 10.5. The Kier molecular flexibility index (Phi) is 3.83. The van der Waals surface area contributed by atoms with Crippen molar-refractivity contribution >= 4 is 0 Å². The summed E-state index contributed by atoms with van der Waals surface area (Å²) in [6.45, 7) is 9.43. The number of benzene rings is 2. The lowest BCUT2D eigenvalue weighted by Gasteiger charge is -2.15. The van der Waals surface area contributed by atoms with Crippen molar-refractivity contribution < 1.29 is 14.6 Å². The number of hydrogen-bond acceptors (Lipinski definition) is 3. The molecule has 0 amide bonds. The van der Waals surface area contributed by atoms with Crippen LogP contribution in [0.15, 0.2) is 24.3 Å². The third kappa shape index (κ3) is 2.95. The molecular formula is C19H22O3. The minimum absolute atomic E-state index is 0.265. The molecule has 2 aromatic rings. The van der Waals surface area contributed by atoms with E-state index in [9.17, 15) is 5.11 Å². The fourth-order valence-electron chi connectivity index (χ4n) is 2.81. The summed E-state index contributed by atoms with van der Waals surface area (Å²) in [4.78, 5) is 0. The van der Waals surface area contributed by atoms with Gasteiger partial charge in [-0.05, 0) is 85.3 Å². The number of phenols is 1. The third-order valence-electron chi connectivity index (χ3n) is 4.10. The molecule has 2 aromatic carbocycles. The standard InChI is InChI=1S/C19H22O3/c1-11-5-15(6-12(2)18(11)20)16-7-13(3)19(14(4)8-16)22-10-17-9-21-17/h5-8,17,20H,9-10H2,1-4H3. The first kappa shape index (κ1) is 14.9. The average molecular weight is 298 g/mol. The first-order valence-electron chi connectivity index (χ1n) is 7.62. The van der Waals surface area contributed by atoms with Crippen LogP contribution in [0.1, 0.15) is 22.3 Å². The van der Waals surface area contributed by atoms with E-state index < -0.39 is 0 Å². The van der Waals surface area contributed by atoms with Gasteiger partial charge < -0.3 is 14.6 Å². The molecule has 1 heterocycles. The predicted molar refractivity (Wildman–Crippen MR) is 87.7 cm³/mol. The van der Waals surface area contributed by atoms with Gasteiger partial charge in [-0.1, -0.05) is 0 Å². The first-order valence-corrected chi connectivity index (χ1v) is 7.62. The van der Waals surface area contributed by atoms with E-state index in [4.69, 9.17) is 9.47 Å². The Labute approximate surface area is 131 Å². The van der Waals surface area contributed by atoms with Crippen molar-refractivity contribution in [3.63, 3.8) is 0 Å². The maximum Gasteiger partial charge on any atom is 0.125 e. The third-order valence-corrected chi connectivity index (χ3v) is 4.10. The van der Waals surface area contributed by atoms with Crippen LogP contribution in [-0.4, -0.2) is 24.4 Å². The second-order valence-corrected chi connectivity index (χ2v) is 6.16. The monoisotopic (exact) mass is 298 g/mol. The molecule has 22 heavy (non-hydrogen) atoms. The van der Waals surface area contributed by atoms with Crippen molar-refractivity contribution in [1.82, 2.24) is 0 Å². The SMILES string of the molecule is Cc1cc(-c2cc(C)c(OCC3CO3)c(C)c2)cc(C)c1O.